The van der Waals surface area contributed by atoms with Crippen molar-refractivity contribution < 1.29 is 14.6 Å². The Morgan fingerprint density at radius 2 is 1.96 bits per heavy atom. The zero-order chi connectivity index (χ0) is 17.9. The summed E-state index contributed by atoms with van der Waals surface area (Å²) in [5.74, 6) is -0.410. The molecular weight excluding hydrogens is 318 g/mol. The maximum absolute atomic E-state index is 12.4. The van der Waals surface area contributed by atoms with Crippen LogP contribution in [-0.2, 0) is 4.79 Å². The summed E-state index contributed by atoms with van der Waals surface area (Å²) in [6.45, 7) is 3.39. The van der Waals surface area contributed by atoms with Crippen LogP contribution in [0.1, 0.15) is 24.9 Å². The number of anilines is 1. The first kappa shape index (κ1) is 17.1. The van der Waals surface area contributed by atoms with E-state index in [1.165, 1.54) is 29.1 Å². The predicted molar refractivity (Wildman–Crippen MR) is 84.7 cm³/mol. The van der Waals surface area contributed by atoms with Gasteiger partial charge in [0.05, 0.1) is 9.85 Å². The number of carbonyl (C=O) groups is 1. The number of hydrogen-bond donors (Lipinski definition) is 1. The summed E-state index contributed by atoms with van der Waals surface area (Å²) >= 11 is 0. The molecule has 0 bridgehead atoms. The summed E-state index contributed by atoms with van der Waals surface area (Å²) in [4.78, 5) is 32.8. The highest BCUT2D eigenvalue weighted by molar-refractivity contribution is 5.94. The summed E-state index contributed by atoms with van der Waals surface area (Å²) in [5.41, 5.74) is 0.706. The SMILES string of the molecule is CCC(C(=O)Nc1ccc([N+](=O)[O-])cc1C)n1cc([N+](=O)[O-])cn1. The van der Waals surface area contributed by atoms with Gasteiger partial charge in [-0.1, -0.05) is 6.92 Å². The Kier molecular flexibility index (Phi) is 4.87. The molecule has 0 fully saturated rings. The molecule has 0 aliphatic rings. The van der Waals surface area contributed by atoms with E-state index in [2.05, 4.69) is 10.4 Å². The van der Waals surface area contributed by atoms with E-state index < -0.39 is 21.8 Å². The Morgan fingerprint density at radius 1 is 1.29 bits per heavy atom. The number of hydrogen-bond acceptors (Lipinski definition) is 6. The summed E-state index contributed by atoms with van der Waals surface area (Å²) in [5, 5.41) is 28.0. The average Bonchev–Trinajstić information content (AvgIpc) is 2.99. The Bertz CT molecular complexity index is 801. The molecule has 1 amide bonds. The van der Waals surface area contributed by atoms with Gasteiger partial charge in [0, 0.05) is 17.8 Å². The van der Waals surface area contributed by atoms with Crippen LogP contribution in [0.3, 0.4) is 0 Å². The molecule has 10 nitrogen and oxygen atoms in total. The van der Waals surface area contributed by atoms with Gasteiger partial charge in [0.15, 0.2) is 0 Å². The van der Waals surface area contributed by atoms with Crippen molar-refractivity contribution in [1.82, 2.24) is 9.78 Å². The molecule has 1 heterocycles. The first-order valence-electron chi connectivity index (χ1n) is 7.08. The van der Waals surface area contributed by atoms with Crippen LogP contribution >= 0.6 is 0 Å². The van der Waals surface area contributed by atoms with Crippen molar-refractivity contribution in [2.45, 2.75) is 26.3 Å². The molecule has 1 aromatic carbocycles. The minimum Gasteiger partial charge on any atom is -0.324 e. The van der Waals surface area contributed by atoms with Crippen LogP contribution in [0.15, 0.2) is 30.6 Å². The molecule has 0 radical (unpaired) electrons. The molecule has 24 heavy (non-hydrogen) atoms. The number of aryl methyl sites for hydroxylation is 1. The maximum Gasteiger partial charge on any atom is 0.307 e. The fourth-order valence-electron chi connectivity index (χ4n) is 2.20. The standard InChI is InChI=1S/C14H15N5O5/c1-3-13(17-8-11(7-15-17)19(23)24)14(20)16-12-5-4-10(18(21)22)6-9(12)2/h4-8,13H,3H2,1-2H3,(H,16,20). The lowest BCUT2D eigenvalue weighted by Crippen LogP contribution is -2.26. The van der Waals surface area contributed by atoms with Gasteiger partial charge in [-0.15, -0.1) is 0 Å². The minimum absolute atomic E-state index is 0.0692. The molecule has 0 saturated heterocycles. The van der Waals surface area contributed by atoms with Crippen molar-refractivity contribution in [3.05, 3.63) is 56.4 Å². The van der Waals surface area contributed by atoms with Gasteiger partial charge in [-0.2, -0.15) is 5.10 Å². The van der Waals surface area contributed by atoms with Gasteiger partial charge in [-0.3, -0.25) is 29.7 Å². The number of benzene rings is 1. The van der Waals surface area contributed by atoms with Crippen molar-refractivity contribution >= 4 is 23.0 Å². The number of nitrogens with one attached hydrogen (secondary N) is 1. The second-order valence-electron chi connectivity index (χ2n) is 5.11. The van der Waals surface area contributed by atoms with Gasteiger partial charge in [-0.05, 0) is 25.0 Å². The van der Waals surface area contributed by atoms with E-state index in [9.17, 15) is 25.0 Å². The minimum atomic E-state index is -0.728. The number of non-ortho nitro benzene ring substituents is 1. The fraction of sp³-hybridized carbons (Fsp3) is 0.286. The molecular formula is C14H15N5O5. The van der Waals surface area contributed by atoms with Crippen LogP contribution in [0.4, 0.5) is 17.1 Å². The Morgan fingerprint density at radius 3 is 2.46 bits per heavy atom. The van der Waals surface area contributed by atoms with Crippen LogP contribution in [0.2, 0.25) is 0 Å². The summed E-state index contributed by atoms with van der Waals surface area (Å²) in [6, 6.07) is 3.37. The molecule has 0 aliphatic heterocycles. The van der Waals surface area contributed by atoms with Gasteiger partial charge in [0.1, 0.15) is 18.4 Å². The van der Waals surface area contributed by atoms with E-state index in [-0.39, 0.29) is 11.4 Å². The predicted octanol–water partition coefficient (Wildman–Crippen LogP) is 2.60. The second-order valence-corrected chi connectivity index (χ2v) is 5.11. The molecule has 0 saturated carbocycles. The highest BCUT2D eigenvalue weighted by Crippen LogP contribution is 2.23. The Balaban J connectivity index is 2.20. The van der Waals surface area contributed by atoms with Gasteiger partial charge in [-0.25, -0.2) is 0 Å². The monoisotopic (exact) mass is 333 g/mol. The van der Waals surface area contributed by atoms with Gasteiger partial charge in [0.25, 0.3) is 5.69 Å². The molecule has 1 atom stereocenters. The van der Waals surface area contributed by atoms with Crippen LogP contribution in [-0.4, -0.2) is 25.5 Å². The van der Waals surface area contributed by atoms with Crippen molar-refractivity contribution in [1.29, 1.82) is 0 Å². The quantitative estimate of drug-likeness (QED) is 0.638. The lowest BCUT2D eigenvalue weighted by atomic mass is 10.1. The number of carbonyl (C=O) groups excluding carboxylic acids is 1. The van der Waals surface area contributed by atoms with Gasteiger partial charge < -0.3 is 5.32 Å². The molecule has 0 spiro atoms. The third-order valence-corrected chi connectivity index (χ3v) is 3.49. The third kappa shape index (κ3) is 3.54. The fourth-order valence-corrected chi connectivity index (χ4v) is 2.20. The number of rotatable bonds is 6. The zero-order valence-electron chi connectivity index (χ0n) is 13.0. The van der Waals surface area contributed by atoms with Crippen molar-refractivity contribution in [3.63, 3.8) is 0 Å². The van der Waals surface area contributed by atoms with Crippen LogP contribution in [0, 0.1) is 27.2 Å². The highest BCUT2D eigenvalue weighted by Gasteiger charge is 2.22. The molecule has 1 unspecified atom stereocenters. The van der Waals surface area contributed by atoms with E-state index >= 15 is 0 Å². The second kappa shape index (κ2) is 6.86. The number of nitro benzene ring substituents is 1. The van der Waals surface area contributed by atoms with Crippen molar-refractivity contribution in [2.24, 2.45) is 0 Å². The van der Waals surface area contributed by atoms with Gasteiger partial charge >= 0.3 is 5.69 Å². The smallest absolute Gasteiger partial charge is 0.307 e. The number of nitro groups is 2. The van der Waals surface area contributed by atoms with Crippen molar-refractivity contribution in [3.8, 4) is 0 Å². The first-order chi connectivity index (χ1) is 11.3. The normalized spacial score (nSPS) is 11.8. The topological polar surface area (TPSA) is 133 Å². The van der Waals surface area contributed by atoms with E-state index in [1.54, 1.807) is 13.8 Å². The van der Waals surface area contributed by atoms with Crippen LogP contribution in [0.25, 0.3) is 0 Å². The van der Waals surface area contributed by atoms with E-state index in [0.29, 0.717) is 17.7 Å². The summed E-state index contributed by atoms with van der Waals surface area (Å²) in [7, 11) is 0. The summed E-state index contributed by atoms with van der Waals surface area (Å²) < 4.78 is 1.23. The maximum atomic E-state index is 12.4. The molecule has 1 N–H and O–H groups in total. The molecule has 2 aromatic rings. The average molecular weight is 333 g/mol. The van der Waals surface area contributed by atoms with Crippen LogP contribution in [0.5, 0.6) is 0 Å². The summed E-state index contributed by atoms with van der Waals surface area (Å²) in [6.07, 6.45) is 2.64. The number of nitrogens with zero attached hydrogens (tertiary/aromatic N) is 4. The van der Waals surface area contributed by atoms with E-state index in [0.717, 1.165) is 6.20 Å². The number of amides is 1. The van der Waals surface area contributed by atoms with Gasteiger partial charge in [0.2, 0.25) is 5.91 Å². The highest BCUT2D eigenvalue weighted by atomic mass is 16.6. The van der Waals surface area contributed by atoms with E-state index in [1.807, 2.05) is 0 Å². The van der Waals surface area contributed by atoms with E-state index in [4.69, 9.17) is 0 Å². The number of aromatic nitrogens is 2. The molecule has 0 aliphatic carbocycles. The molecule has 1 aromatic heterocycles. The largest absolute Gasteiger partial charge is 0.324 e. The lowest BCUT2D eigenvalue weighted by molar-refractivity contribution is -0.385. The third-order valence-electron chi connectivity index (χ3n) is 3.49. The van der Waals surface area contributed by atoms with Crippen LogP contribution < -0.4 is 5.32 Å². The lowest BCUT2D eigenvalue weighted by Gasteiger charge is -2.16. The zero-order valence-corrected chi connectivity index (χ0v) is 13.0. The Labute approximate surface area is 136 Å². The Hall–Kier alpha value is -3.30. The first-order valence-corrected chi connectivity index (χ1v) is 7.08. The van der Waals surface area contributed by atoms with Crippen molar-refractivity contribution in [2.75, 3.05) is 5.32 Å². The molecule has 2 rings (SSSR count). The molecule has 10 heteroatoms. The molecule has 126 valence electrons.